The van der Waals surface area contributed by atoms with Crippen molar-refractivity contribution in [1.82, 2.24) is 0 Å². The Morgan fingerprint density at radius 3 is 2.62 bits per heavy atom. The third-order valence-electron chi connectivity index (χ3n) is 5.58. The normalized spacial score (nSPS) is 22.1. The van der Waals surface area contributed by atoms with Crippen LogP contribution >= 0.6 is 0 Å². The van der Waals surface area contributed by atoms with E-state index in [2.05, 4.69) is 54.6 Å². The lowest BCUT2D eigenvalue weighted by Crippen LogP contribution is -2.16. The van der Waals surface area contributed by atoms with Crippen LogP contribution in [0.5, 0.6) is 0 Å². The summed E-state index contributed by atoms with van der Waals surface area (Å²) in [5, 5.41) is 10.3. The Morgan fingerprint density at radius 2 is 1.86 bits per heavy atom. The third kappa shape index (κ3) is 9.45. The Morgan fingerprint density at radius 1 is 1.10 bits per heavy atom. The maximum atomic E-state index is 11.5. The van der Waals surface area contributed by atoms with Gasteiger partial charge in [0.1, 0.15) is 0 Å². The van der Waals surface area contributed by atoms with Gasteiger partial charge in [-0.05, 0) is 76.7 Å². The van der Waals surface area contributed by atoms with E-state index >= 15 is 0 Å². The van der Waals surface area contributed by atoms with Gasteiger partial charge in [0.05, 0.1) is 12.2 Å². The number of hydrogen-bond donors (Lipinski definition) is 1. The molecule has 1 aromatic rings. The van der Waals surface area contributed by atoms with Gasteiger partial charge in [-0.3, -0.25) is 4.79 Å². The van der Waals surface area contributed by atoms with Gasteiger partial charge in [-0.1, -0.05) is 54.6 Å². The second-order valence-corrected chi connectivity index (χ2v) is 8.43. The van der Waals surface area contributed by atoms with Crippen LogP contribution in [0.25, 0.3) is 0 Å². The number of rotatable bonds is 12. The minimum Gasteiger partial charge on any atom is -0.463 e. The van der Waals surface area contributed by atoms with Crippen molar-refractivity contribution in [1.29, 1.82) is 0 Å². The zero-order valence-electron chi connectivity index (χ0n) is 18.1. The van der Waals surface area contributed by atoms with E-state index in [1.807, 2.05) is 13.8 Å². The van der Waals surface area contributed by atoms with Gasteiger partial charge in [0.15, 0.2) is 0 Å². The summed E-state index contributed by atoms with van der Waals surface area (Å²) in [5.41, 5.74) is 1.39. The number of benzene rings is 1. The van der Waals surface area contributed by atoms with Crippen LogP contribution in [0, 0.1) is 11.8 Å². The first kappa shape index (κ1) is 23.4. The van der Waals surface area contributed by atoms with Crippen LogP contribution in [0.3, 0.4) is 0 Å². The maximum absolute atomic E-state index is 11.5. The highest BCUT2D eigenvalue weighted by molar-refractivity contribution is 5.69. The summed E-state index contributed by atoms with van der Waals surface area (Å²) in [5.74, 6) is 0.694. The van der Waals surface area contributed by atoms with Crippen molar-refractivity contribution < 1.29 is 14.6 Å². The van der Waals surface area contributed by atoms with Gasteiger partial charge in [0.25, 0.3) is 0 Å². The van der Waals surface area contributed by atoms with Crippen LogP contribution in [-0.2, 0) is 16.0 Å². The van der Waals surface area contributed by atoms with Crippen LogP contribution < -0.4 is 0 Å². The number of allylic oxidation sites excluding steroid dienone is 3. The van der Waals surface area contributed by atoms with E-state index in [-0.39, 0.29) is 24.1 Å². The standard InChI is InChI=1S/C26H38O3/c1-21(2)29-26(28)18-12-4-3-10-16-23-19-20-25(27)24(23)17-11-6-9-15-22-13-7-5-8-14-22/h3,5,7-8,10-11,13-14,17,21,23-25,27H,4,6,9,12,15-16,18-20H2,1-2H3/b10-3-,17-11+/t23-,24+,25+/m0/s1. The summed E-state index contributed by atoms with van der Waals surface area (Å²) in [6.45, 7) is 3.75. The molecule has 1 aromatic carbocycles. The minimum atomic E-state index is -0.204. The maximum Gasteiger partial charge on any atom is 0.306 e. The van der Waals surface area contributed by atoms with Gasteiger partial charge in [-0.2, -0.15) is 0 Å². The molecule has 3 heteroatoms. The molecule has 160 valence electrons. The number of esters is 1. The van der Waals surface area contributed by atoms with E-state index in [9.17, 15) is 9.90 Å². The highest BCUT2D eigenvalue weighted by Gasteiger charge is 2.31. The van der Waals surface area contributed by atoms with E-state index in [1.54, 1.807) is 0 Å². The fourth-order valence-corrected chi connectivity index (χ4v) is 4.04. The first-order chi connectivity index (χ1) is 14.1. The average molecular weight is 399 g/mol. The Kier molecular flexibility index (Phi) is 10.8. The molecule has 0 unspecified atom stereocenters. The van der Waals surface area contributed by atoms with Crippen molar-refractivity contribution in [2.45, 2.75) is 83.8 Å². The van der Waals surface area contributed by atoms with Crippen molar-refractivity contribution in [3.8, 4) is 0 Å². The molecular weight excluding hydrogens is 360 g/mol. The number of ether oxygens (including phenoxy) is 1. The van der Waals surface area contributed by atoms with Crippen LogP contribution in [0.15, 0.2) is 54.6 Å². The SMILES string of the molecule is CC(C)OC(=O)CCC/C=C\C[C@H]1CC[C@@H](O)[C@@H]1/C=C/CCCc1ccccc1. The highest BCUT2D eigenvalue weighted by atomic mass is 16.5. The molecule has 3 atom stereocenters. The number of aryl methyl sites for hydroxylation is 1. The van der Waals surface area contributed by atoms with E-state index in [0.717, 1.165) is 51.4 Å². The van der Waals surface area contributed by atoms with E-state index in [1.165, 1.54) is 5.56 Å². The molecule has 2 rings (SSSR count). The second kappa shape index (κ2) is 13.4. The van der Waals surface area contributed by atoms with Crippen molar-refractivity contribution in [3.63, 3.8) is 0 Å². The number of aliphatic hydroxyl groups excluding tert-OH is 1. The molecule has 0 aromatic heterocycles. The summed E-state index contributed by atoms with van der Waals surface area (Å²) in [4.78, 5) is 11.5. The summed E-state index contributed by atoms with van der Waals surface area (Å²) >= 11 is 0. The zero-order chi connectivity index (χ0) is 20.9. The van der Waals surface area contributed by atoms with Gasteiger partial charge < -0.3 is 9.84 Å². The van der Waals surface area contributed by atoms with Crippen LogP contribution in [0.2, 0.25) is 0 Å². The Balaban J connectivity index is 1.64. The number of unbranched alkanes of at least 4 members (excludes halogenated alkanes) is 2. The molecule has 0 spiro atoms. The fraction of sp³-hybridized carbons (Fsp3) is 0.577. The summed E-state index contributed by atoms with van der Waals surface area (Å²) in [6, 6.07) is 10.6. The lowest BCUT2D eigenvalue weighted by atomic mass is 9.90. The molecule has 3 nitrogen and oxygen atoms in total. The van der Waals surface area contributed by atoms with Gasteiger partial charge in [0, 0.05) is 12.3 Å². The minimum absolute atomic E-state index is 0.0323. The van der Waals surface area contributed by atoms with E-state index in [4.69, 9.17) is 4.74 Å². The molecule has 0 aliphatic heterocycles. The zero-order valence-corrected chi connectivity index (χ0v) is 18.1. The summed E-state index contributed by atoms with van der Waals surface area (Å²) < 4.78 is 5.15. The summed E-state index contributed by atoms with van der Waals surface area (Å²) in [6.07, 6.45) is 17.2. The van der Waals surface area contributed by atoms with Crippen LogP contribution in [0.4, 0.5) is 0 Å². The molecule has 1 fully saturated rings. The molecule has 0 bridgehead atoms. The summed E-state index contributed by atoms with van der Waals surface area (Å²) in [7, 11) is 0. The Hall–Kier alpha value is -1.87. The van der Waals surface area contributed by atoms with Gasteiger partial charge >= 0.3 is 5.97 Å². The molecule has 0 amide bonds. The number of aliphatic hydroxyl groups is 1. The molecule has 1 saturated carbocycles. The van der Waals surface area contributed by atoms with Crippen molar-refractivity contribution in [3.05, 3.63) is 60.2 Å². The number of carbonyl (C=O) groups excluding carboxylic acids is 1. The average Bonchev–Trinajstić information content (AvgIpc) is 3.04. The quantitative estimate of drug-likeness (QED) is 0.266. The monoisotopic (exact) mass is 398 g/mol. The first-order valence-corrected chi connectivity index (χ1v) is 11.3. The fourth-order valence-electron chi connectivity index (χ4n) is 4.04. The van der Waals surface area contributed by atoms with Crippen LogP contribution in [-0.4, -0.2) is 23.3 Å². The molecule has 0 heterocycles. The van der Waals surface area contributed by atoms with Crippen molar-refractivity contribution in [2.75, 3.05) is 0 Å². The predicted octanol–water partition coefficient (Wildman–Crippen LogP) is 6.02. The molecule has 1 aliphatic carbocycles. The Labute approximate surface area is 176 Å². The topological polar surface area (TPSA) is 46.5 Å². The lowest BCUT2D eigenvalue weighted by molar-refractivity contribution is -0.147. The highest BCUT2D eigenvalue weighted by Crippen LogP contribution is 2.36. The predicted molar refractivity (Wildman–Crippen MR) is 120 cm³/mol. The van der Waals surface area contributed by atoms with Gasteiger partial charge in [-0.15, -0.1) is 0 Å². The van der Waals surface area contributed by atoms with Crippen molar-refractivity contribution >= 4 is 5.97 Å². The van der Waals surface area contributed by atoms with E-state index < -0.39 is 0 Å². The van der Waals surface area contributed by atoms with Crippen LogP contribution in [0.1, 0.15) is 70.8 Å². The number of carbonyl (C=O) groups is 1. The Bertz CT molecular complexity index is 633. The first-order valence-electron chi connectivity index (χ1n) is 11.3. The van der Waals surface area contributed by atoms with Gasteiger partial charge in [0.2, 0.25) is 0 Å². The van der Waals surface area contributed by atoms with E-state index in [0.29, 0.717) is 12.3 Å². The third-order valence-corrected chi connectivity index (χ3v) is 5.58. The largest absolute Gasteiger partial charge is 0.463 e. The van der Waals surface area contributed by atoms with Crippen molar-refractivity contribution in [2.24, 2.45) is 11.8 Å². The van der Waals surface area contributed by atoms with Gasteiger partial charge in [-0.25, -0.2) is 0 Å². The molecule has 0 radical (unpaired) electrons. The molecule has 1 aliphatic rings. The molecule has 0 saturated heterocycles. The molecule has 29 heavy (non-hydrogen) atoms. The second-order valence-electron chi connectivity index (χ2n) is 8.43. The molecular formula is C26H38O3. The smallest absolute Gasteiger partial charge is 0.306 e. The number of hydrogen-bond acceptors (Lipinski definition) is 3. The molecule has 1 N–H and O–H groups in total. The lowest BCUT2D eigenvalue weighted by Gasteiger charge is -2.17.